The molecule has 0 spiro atoms. The molecule has 0 saturated carbocycles. The third kappa shape index (κ3) is 8.18. The molecule has 0 aliphatic heterocycles. The van der Waals surface area contributed by atoms with E-state index in [4.69, 9.17) is 23.7 Å². The summed E-state index contributed by atoms with van der Waals surface area (Å²) in [7, 11) is 0. The smallest absolute Gasteiger partial charge is 0.412 e. The monoisotopic (exact) mass is 545 g/mol. The number of nitrogens with one attached hydrogen (secondary N) is 1. The minimum Gasteiger partial charge on any atom is -0.492 e. The predicted octanol–water partition coefficient (Wildman–Crippen LogP) is 4.97. The zero-order valence-corrected chi connectivity index (χ0v) is 22.6. The summed E-state index contributed by atoms with van der Waals surface area (Å²) in [6.07, 6.45) is 6.96. The molecule has 1 amide bonds. The summed E-state index contributed by atoms with van der Waals surface area (Å²) in [6, 6.07) is 18.1. The molecule has 0 bridgehead atoms. The SMILES string of the molecule is C=CC(=O)OCCOCCOCCNC(=O)Oc1c2c(c(OCCc3ccccc3)c3ccccc13)CC=CC2. The topological polar surface area (TPSA) is 92.3 Å². The highest BCUT2D eigenvalue weighted by Gasteiger charge is 2.23. The molecule has 1 aliphatic rings. The third-order valence-electron chi connectivity index (χ3n) is 6.34. The van der Waals surface area contributed by atoms with Crippen LogP contribution in [-0.4, -0.2) is 58.2 Å². The number of fused-ring (bicyclic) bond motifs is 2. The van der Waals surface area contributed by atoms with Crippen LogP contribution in [0.1, 0.15) is 16.7 Å². The predicted molar refractivity (Wildman–Crippen MR) is 153 cm³/mol. The second-order valence-electron chi connectivity index (χ2n) is 9.04. The number of hydrogen-bond acceptors (Lipinski definition) is 7. The van der Waals surface area contributed by atoms with Gasteiger partial charge in [-0.05, 0) is 18.4 Å². The largest absolute Gasteiger partial charge is 0.492 e. The second kappa shape index (κ2) is 15.5. The molecule has 0 atom stereocenters. The van der Waals surface area contributed by atoms with E-state index in [0.717, 1.165) is 40.1 Å². The first-order chi connectivity index (χ1) is 19.7. The lowest BCUT2D eigenvalue weighted by atomic mass is 9.90. The summed E-state index contributed by atoms with van der Waals surface area (Å²) in [4.78, 5) is 23.7. The first kappa shape index (κ1) is 28.9. The fourth-order valence-electron chi connectivity index (χ4n) is 4.45. The van der Waals surface area contributed by atoms with Crippen LogP contribution in [-0.2, 0) is 38.3 Å². The summed E-state index contributed by atoms with van der Waals surface area (Å²) in [6.45, 7) is 5.61. The summed E-state index contributed by atoms with van der Waals surface area (Å²) in [5.41, 5.74) is 3.25. The lowest BCUT2D eigenvalue weighted by Crippen LogP contribution is -2.31. The Kier molecular flexibility index (Phi) is 11.1. The van der Waals surface area contributed by atoms with Crippen LogP contribution in [0, 0.1) is 0 Å². The molecular formula is C32H35NO7. The summed E-state index contributed by atoms with van der Waals surface area (Å²) < 4.78 is 27.9. The van der Waals surface area contributed by atoms with Gasteiger partial charge in [0, 0.05) is 40.9 Å². The van der Waals surface area contributed by atoms with Crippen LogP contribution in [0.15, 0.2) is 79.4 Å². The number of hydrogen-bond donors (Lipinski definition) is 1. The average molecular weight is 546 g/mol. The van der Waals surface area contributed by atoms with Gasteiger partial charge in [0.2, 0.25) is 0 Å². The highest BCUT2D eigenvalue weighted by molar-refractivity contribution is 5.97. The molecule has 0 unspecified atom stereocenters. The first-order valence-electron chi connectivity index (χ1n) is 13.5. The lowest BCUT2D eigenvalue weighted by molar-refractivity contribution is -0.139. The molecule has 1 N–H and O–H groups in total. The van der Waals surface area contributed by atoms with Crippen molar-refractivity contribution in [1.82, 2.24) is 5.32 Å². The maximum Gasteiger partial charge on any atom is 0.412 e. The van der Waals surface area contributed by atoms with Crippen molar-refractivity contribution in [3.8, 4) is 11.5 Å². The van der Waals surface area contributed by atoms with Gasteiger partial charge in [-0.15, -0.1) is 0 Å². The van der Waals surface area contributed by atoms with Gasteiger partial charge >= 0.3 is 12.1 Å². The average Bonchev–Trinajstić information content (AvgIpc) is 2.99. The summed E-state index contributed by atoms with van der Waals surface area (Å²) in [5.74, 6) is 0.938. The molecule has 8 heteroatoms. The quantitative estimate of drug-likeness (QED) is 0.125. The highest BCUT2D eigenvalue weighted by atomic mass is 16.6. The molecule has 3 aromatic carbocycles. The molecule has 0 heterocycles. The Bertz CT molecular complexity index is 1320. The van der Waals surface area contributed by atoms with Crippen molar-refractivity contribution in [2.45, 2.75) is 19.3 Å². The number of esters is 1. The van der Waals surface area contributed by atoms with Crippen LogP contribution >= 0.6 is 0 Å². The van der Waals surface area contributed by atoms with Crippen LogP contribution < -0.4 is 14.8 Å². The highest BCUT2D eigenvalue weighted by Crippen LogP contribution is 2.43. The zero-order valence-electron chi connectivity index (χ0n) is 22.6. The van der Waals surface area contributed by atoms with Crippen molar-refractivity contribution >= 4 is 22.8 Å². The van der Waals surface area contributed by atoms with E-state index in [1.807, 2.05) is 42.5 Å². The van der Waals surface area contributed by atoms with Crippen molar-refractivity contribution in [3.63, 3.8) is 0 Å². The van der Waals surface area contributed by atoms with Crippen molar-refractivity contribution in [1.29, 1.82) is 0 Å². The van der Waals surface area contributed by atoms with Crippen LogP contribution in [0.5, 0.6) is 11.5 Å². The van der Waals surface area contributed by atoms with Crippen LogP contribution in [0.4, 0.5) is 4.79 Å². The van der Waals surface area contributed by atoms with Gasteiger partial charge in [-0.2, -0.15) is 0 Å². The fourth-order valence-corrected chi connectivity index (χ4v) is 4.45. The van der Waals surface area contributed by atoms with Crippen LogP contribution in [0.3, 0.4) is 0 Å². The van der Waals surface area contributed by atoms with Gasteiger partial charge in [-0.25, -0.2) is 9.59 Å². The van der Waals surface area contributed by atoms with Crippen LogP contribution in [0.2, 0.25) is 0 Å². The van der Waals surface area contributed by atoms with E-state index in [9.17, 15) is 9.59 Å². The molecule has 1 aliphatic carbocycles. The van der Waals surface area contributed by atoms with Gasteiger partial charge in [0.1, 0.15) is 18.1 Å². The molecule has 3 aromatic rings. The molecule has 0 radical (unpaired) electrons. The maximum atomic E-state index is 12.7. The van der Waals surface area contributed by atoms with E-state index in [0.29, 0.717) is 45.0 Å². The van der Waals surface area contributed by atoms with E-state index in [1.165, 1.54) is 5.56 Å². The third-order valence-corrected chi connectivity index (χ3v) is 6.34. The maximum absolute atomic E-state index is 12.7. The molecule has 0 fully saturated rings. The van der Waals surface area contributed by atoms with Gasteiger partial charge in [0.25, 0.3) is 0 Å². The van der Waals surface area contributed by atoms with Gasteiger partial charge in [0.05, 0.1) is 33.0 Å². The van der Waals surface area contributed by atoms with E-state index < -0.39 is 12.1 Å². The van der Waals surface area contributed by atoms with E-state index in [1.54, 1.807) is 0 Å². The Hall–Kier alpha value is -4.14. The number of rotatable bonds is 15. The zero-order chi connectivity index (χ0) is 28.0. The molecule has 210 valence electrons. The number of carbonyl (C=O) groups is 2. The fraction of sp³-hybridized carbons (Fsp3) is 0.312. The number of amides is 1. The lowest BCUT2D eigenvalue weighted by Gasteiger charge is -2.23. The van der Waals surface area contributed by atoms with Gasteiger partial charge in [-0.3, -0.25) is 0 Å². The normalized spacial score (nSPS) is 12.0. The van der Waals surface area contributed by atoms with E-state index >= 15 is 0 Å². The van der Waals surface area contributed by atoms with Crippen molar-refractivity contribution in [2.75, 3.05) is 46.2 Å². The Labute approximate surface area is 234 Å². The van der Waals surface area contributed by atoms with Crippen molar-refractivity contribution < 1.29 is 33.3 Å². The molecule has 0 aromatic heterocycles. The van der Waals surface area contributed by atoms with Crippen LogP contribution in [0.25, 0.3) is 10.8 Å². The van der Waals surface area contributed by atoms with Gasteiger partial charge < -0.3 is 29.0 Å². The molecule has 8 nitrogen and oxygen atoms in total. The molecular weight excluding hydrogens is 510 g/mol. The van der Waals surface area contributed by atoms with Gasteiger partial charge in [-0.1, -0.05) is 73.3 Å². The number of allylic oxidation sites excluding steroid dienone is 2. The van der Waals surface area contributed by atoms with Gasteiger partial charge in [0.15, 0.2) is 0 Å². The Morgan fingerprint density at radius 2 is 1.40 bits per heavy atom. The number of carbonyl (C=O) groups excluding carboxylic acids is 2. The second-order valence-corrected chi connectivity index (χ2v) is 9.04. The standard InChI is InChI=1S/C32H35NO7/c1-2-29(34)38-23-22-37-21-20-36-19-17-33-32(35)40-31-27-14-8-6-12-25(27)30(26-13-7-9-15-28(26)31)39-18-16-24-10-4-3-5-11-24/h2-12,14H,1,13,15-23H2,(H,33,35). The minimum absolute atomic E-state index is 0.160. The molecule has 40 heavy (non-hydrogen) atoms. The first-order valence-corrected chi connectivity index (χ1v) is 13.5. The minimum atomic E-state index is -0.538. The summed E-state index contributed by atoms with van der Waals surface area (Å²) in [5, 5.41) is 4.52. The Morgan fingerprint density at radius 3 is 2.12 bits per heavy atom. The summed E-state index contributed by atoms with van der Waals surface area (Å²) >= 11 is 0. The Morgan fingerprint density at radius 1 is 0.775 bits per heavy atom. The van der Waals surface area contributed by atoms with E-state index in [-0.39, 0.29) is 19.8 Å². The van der Waals surface area contributed by atoms with Crippen molar-refractivity contribution in [3.05, 3.63) is 96.1 Å². The number of benzene rings is 3. The van der Waals surface area contributed by atoms with E-state index in [2.05, 4.69) is 36.2 Å². The Balaban J connectivity index is 1.31. The molecule has 4 rings (SSSR count). The molecule has 0 saturated heterocycles. The number of ether oxygens (including phenoxy) is 5. The van der Waals surface area contributed by atoms with Crippen molar-refractivity contribution in [2.24, 2.45) is 0 Å².